The van der Waals surface area contributed by atoms with Gasteiger partial charge in [-0.3, -0.25) is 4.99 Å². The van der Waals surface area contributed by atoms with Gasteiger partial charge in [0.05, 0.1) is 16.9 Å². The second-order valence-corrected chi connectivity index (χ2v) is 9.65. The summed E-state index contributed by atoms with van der Waals surface area (Å²) in [6.45, 7) is 0. The van der Waals surface area contributed by atoms with Crippen LogP contribution in [0.3, 0.4) is 0 Å². The lowest BCUT2D eigenvalue weighted by atomic mass is 9.53. The van der Waals surface area contributed by atoms with Gasteiger partial charge in [-0.05, 0) is 68.4 Å². The standard InChI is InChI=1S/C25H25F2N3O/c26-18-7-19(27)9-20(8-18)31-24-10-22(21-2-1-3-28-21)30-23(24)14-29-25-11-15-4-16(12-25)6-17(5-15)13-25/h1-3,7-10,14-17,28,30H,4-6,11-13H2. The lowest BCUT2D eigenvalue weighted by Crippen LogP contribution is -2.49. The van der Waals surface area contributed by atoms with Gasteiger partial charge in [-0.2, -0.15) is 0 Å². The number of aromatic nitrogens is 2. The van der Waals surface area contributed by atoms with Gasteiger partial charge in [-0.1, -0.05) is 0 Å². The van der Waals surface area contributed by atoms with Gasteiger partial charge in [-0.15, -0.1) is 0 Å². The van der Waals surface area contributed by atoms with Gasteiger partial charge in [0.2, 0.25) is 0 Å². The maximum absolute atomic E-state index is 13.7. The molecule has 31 heavy (non-hydrogen) atoms. The lowest BCUT2D eigenvalue weighted by molar-refractivity contribution is 0.00194. The lowest BCUT2D eigenvalue weighted by Gasteiger charge is -2.54. The van der Waals surface area contributed by atoms with E-state index in [-0.39, 0.29) is 11.3 Å². The fourth-order valence-corrected chi connectivity index (χ4v) is 6.41. The van der Waals surface area contributed by atoms with Gasteiger partial charge in [0.1, 0.15) is 23.1 Å². The van der Waals surface area contributed by atoms with Crippen molar-refractivity contribution < 1.29 is 13.5 Å². The van der Waals surface area contributed by atoms with E-state index in [0.29, 0.717) is 11.4 Å². The Morgan fingerprint density at radius 3 is 2.23 bits per heavy atom. The van der Waals surface area contributed by atoms with E-state index in [1.54, 1.807) is 0 Å². The highest BCUT2D eigenvalue weighted by atomic mass is 19.1. The number of aromatic amines is 2. The molecule has 4 fully saturated rings. The van der Waals surface area contributed by atoms with Gasteiger partial charge in [0.15, 0.2) is 5.75 Å². The Balaban J connectivity index is 1.34. The summed E-state index contributed by atoms with van der Waals surface area (Å²) in [5.74, 6) is 1.73. The average molecular weight is 421 g/mol. The molecule has 0 amide bonds. The summed E-state index contributed by atoms with van der Waals surface area (Å²) in [6.07, 6.45) is 11.3. The summed E-state index contributed by atoms with van der Waals surface area (Å²) < 4.78 is 33.2. The summed E-state index contributed by atoms with van der Waals surface area (Å²) in [5.41, 5.74) is 2.49. The Bertz CT molecular complexity index is 1080. The highest BCUT2D eigenvalue weighted by molar-refractivity contribution is 5.84. The van der Waals surface area contributed by atoms with Crippen molar-refractivity contribution in [2.24, 2.45) is 22.7 Å². The number of hydrogen-bond donors (Lipinski definition) is 2. The fourth-order valence-electron chi connectivity index (χ4n) is 6.41. The van der Waals surface area contributed by atoms with Crippen molar-refractivity contribution in [3.63, 3.8) is 0 Å². The van der Waals surface area contributed by atoms with Crippen molar-refractivity contribution in [2.45, 2.75) is 44.1 Å². The van der Waals surface area contributed by atoms with Gasteiger partial charge in [0, 0.05) is 36.7 Å². The summed E-state index contributed by atoms with van der Waals surface area (Å²) in [6, 6.07) is 8.92. The fraction of sp³-hybridized carbons (Fsp3) is 0.400. The highest BCUT2D eigenvalue weighted by Gasteiger charge is 2.50. The molecule has 0 unspecified atom stereocenters. The molecule has 1 aromatic carbocycles. The molecular formula is C25H25F2N3O. The first-order valence-electron chi connectivity index (χ1n) is 11.1. The summed E-state index contributed by atoms with van der Waals surface area (Å²) in [7, 11) is 0. The second kappa shape index (κ2) is 7.08. The van der Waals surface area contributed by atoms with Crippen molar-refractivity contribution in [1.82, 2.24) is 9.97 Å². The van der Waals surface area contributed by atoms with E-state index < -0.39 is 11.6 Å². The molecule has 4 bridgehead atoms. The molecule has 4 saturated carbocycles. The van der Waals surface area contributed by atoms with Crippen LogP contribution >= 0.6 is 0 Å². The summed E-state index contributed by atoms with van der Waals surface area (Å²) in [4.78, 5) is 11.7. The minimum Gasteiger partial charge on any atom is -0.455 e. The van der Waals surface area contributed by atoms with E-state index in [4.69, 9.17) is 9.73 Å². The molecule has 0 aliphatic heterocycles. The van der Waals surface area contributed by atoms with Crippen LogP contribution < -0.4 is 4.74 Å². The van der Waals surface area contributed by atoms with Crippen LogP contribution in [0.4, 0.5) is 8.78 Å². The van der Waals surface area contributed by atoms with Crippen LogP contribution in [0.15, 0.2) is 47.6 Å². The van der Waals surface area contributed by atoms with Crippen molar-refractivity contribution in [3.05, 3.63) is 59.9 Å². The molecule has 2 N–H and O–H groups in total. The molecule has 4 aliphatic rings. The first-order valence-corrected chi connectivity index (χ1v) is 11.1. The van der Waals surface area contributed by atoms with E-state index in [0.717, 1.165) is 35.2 Å². The van der Waals surface area contributed by atoms with Gasteiger partial charge in [0.25, 0.3) is 0 Å². The van der Waals surface area contributed by atoms with E-state index >= 15 is 0 Å². The normalized spacial score (nSPS) is 29.2. The Morgan fingerprint density at radius 1 is 0.935 bits per heavy atom. The van der Waals surface area contributed by atoms with E-state index in [1.807, 2.05) is 30.6 Å². The molecule has 0 saturated heterocycles. The second-order valence-electron chi connectivity index (χ2n) is 9.65. The Kier molecular flexibility index (Phi) is 4.30. The van der Waals surface area contributed by atoms with Crippen molar-refractivity contribution >= 4 is 6.21 Å². The third-order valence-electron chi connectivity index (χ3n) is 7.24. The van der Waals surface area contributed by atoms with Crippen LogP contribution in [0.5, 0.6) is 11.5 Å². The Morgan fingerprint density at radius 2 is 1.61 bits per heavy atom. The van der Waals surface area contributed by atoms with Crippen LogP contribution in [0, 0.1) is 29.4 Å². The predicted octanol–water partition coefficient (Wildman–Crippen LogP) is 6.47. The first-order chi connectivity index (χ1) is 15.0. The minimum atomic E-state index is -0.668. The summed E-state index contributed by atoms with van der Waals surface area (Å²) >= 11 is 0. The maximum Gasteiger partial charge on any atom is 0.154 e. The monoisotopic (exact) mass is 421 g/mol. The third kappa shape index (κ3) is 3.58. The molecule has 4 aliphatic carbocycles. The molecular weight excluding hydrogens is 396 g/mol. The molecule has 6 heteroatoms. The molecule has 2 heterocycles. The van der Waals surface area contributed by atoms with Crippen molar-refractivity contribution in [3.8, 4) is 22.9 Å². The maximum atomic E-state index is 13.7. The Labute approximate surface area is 179 Å². The first kappa shape index (κ1) is 18.8. The van der Waals surface area contributed by atoms with E-state index in [2.05, 4.69) is 9.97 Å². The molecule has 0 spiro atoms. The SMILES string of the molecule is Fc1cc(F)cc(Oc2cc(-c3ccc[nH]3)[nH]c2C=NC23CC4CC(CC(C4)C2)C3)c1. The molecule has 160 valence electrons. The Hall–Kier alpha value is -2.89. The van der Waals surface area contributed by atoms with Crippen LogP contribution in [-0.4, -0.2) is 21.7 Å². The quantitative estimate of drug-likeness (QED) is 0.456. The average Bonchev–Trinajstić information content (AvgIpc) is 3.34. The van der Waals surface area contributed by atoms with Crippen LogP contribution in [0.1, 0.15) is 44.2 Å². The van der Waals surface area contributed by atoms with Crippen molar-refractivity contribution in [1.29, 1.82) is 0 Å². The predicted molar refractivity (Wildman–Crippen MR) is 116 cm³/mol. The van der Waals surface area contributed by atoms with Gasteiger partial charge < -0.3 is 14.7 Å². The number of H-pyrrole nitrogens is 2. The molecule has 2 aromatic heterocycles. The topological polar surface area (TPSA) is 53.2 Å². The van der Waals surface area contributed by atoms with E-state index in [9.17, 15) is 8.78 Å². The van der Waals surface area contributed by atoms with Crippen molar-refractivity contribution in [2.75, 3.05) is 0 Å². The number of benzene rings is 1. The number of rotatable bonds is 5. The minimum absolute atomic E-state index is 0.0364. The number of nitrogens with zero attached hydrogens (tertiary/aromatic N) is 1. The zero-order valence-electron chi connectivity index (χ0n) is 17.2. The van der Waals surface area contributed by atoms with E-state index in [1.165, 1.54) is 50.7 Å². The number of nitrogens with one attached hydrogen (secondary N) is 2. The number of halogens is 2. The molecule has 0 atom stereocenters. The molecule has 7 rings (SSSR count). The highest BCUT2D eigenvalue weighted by Crippen LogP contribution is 2.57. The number of hydrogen-bond acceptors (Lipinski definition) is 2. The van der Waals surface area contributed by atoms with Crippen LogP contribution in [-0.2, 0) is 0 Å². The smallest absolute Gasteiger partial charge is 0.154 e. The summed E-state index contributed by atoms with van der Waals surface area (Å²) in [5, 5.41) is 0. The molecule has 4 nitrogen and oxygen atoms in total. The van der Waals surface area contributed by atoms with Gasteiger partial charge in [-0.25, -0.2) is 8.78 Å². The number of ether oxygens (including phenoxy) is 1. The third-order valence-corrected chi connectivity index (χ3v) is 7.24. The number of aliphatic imine (C=N–C) groups is 1. The zero-order valence-corrected chi connectivity index (χ0v) is 17.2. The molecule has 3 aromatic rings. The largest absolute Gasteiger partial charge is 0.455 e. The molecule has 0 radical (unpaired) electrons. The van der Waals surface area contributed by atoms with Crippen LogP contribution in [0.25, 0.3) is 11.4 Å². The van der Waals surface area contributed by atoms with Gasteiger partial charge >= 0.3 is 0 Å². The zero-order chi connectivity index (χ0) is 21.0. The van der Waals surface area contributed by atoms with Crippen LogP contribution in [0.2, 0.25) is 0 Å².